The Balaban J connectivity index is 1.91. The first kappa shape index (κ1) is 10.9. The van der Waals surface area contributed by atoms with Gasteiger partial charge in [-0.05, 0) is 6.42 Å². The average Bonchev–Trinajstić information content (AvgIpc) is 2.81. The molecule has 86 valence electrons. The molecule has 5 nitrogen and oxygen atoms in total. The molecule has 0 amide bonds. The number of anilines is 1. The Morgan fingerprint density at radius 2 is 2.19 bits per heavy atom. The van der Waals surface area contributed by atoms with Crippen LogP contribution in [0.3, 0.4) is 0 Å². The highest BCUT2D eigenvalue weighted by atomic mass is 15.2. The first-order valence-corrected chi connectivity index (χ1v) is 5.75. The number of guanidine groups is 1. The van der Waals surface area contributed by atoms with Crippen LogP contribution in [0.25, 0.3) is 0 Å². The third-order valence-corrected chi connectivity index (χ3v) is 2.40. The highest BCUT2D eigenvalue weighted by Crippen LogP contribution is 2.05. The van der Waals surface area contributed by atoms with Crippen molar-refractivity contribution in [1.82, 2.24) is 15.3 Å². The van der Waals surface area contributed by atoms with Gasteiger partial charge in [0.2, 0.25) is 0 Å². The molecule has 16 heavy (non-hydrogen) atoms. The minimum atomic E-state index is 0.810. The number of hydrogen-bond acceptors (Lipinski definition) is 5. The normalized spacial score (nSPS) is 14.4. The minimum absolute atomic E-state index is 0.810. The molecule has 0 radical (unpaired) electrons. The molecular formula is C11H17N5. The van der Waals surface area contributed by atoms with E-state index in [9.17, 15) is 0 Å². The van der Waals surface area contributed by atoms with Crippen LogP contribution < -0.4 is 10.6 Å². The number of rotatable bonds is 4. The van der Waals surface area contributed by atoms with Gasteiger partial charge in [-0.15, -0.1) is 0 Å². The number of aromatic nitrogens is 2. The van der Waals surface area contributed by atoms with E-state index >= 15 is 0 Å². The first-order chi connectivity index (χ1) is 7.88. The summed E-state index contributed by atoms with van der Waals surface area (Å²) < 4.78 is 0. The van der Waals surface area contributed by atoms with Gasteiger partial charge in [-0.25, -0.2) is 9.97 Å². The van der Waals surface area contributed by atoms with Crippen LogP contribution in [0.1, 0.15) is 25.6 Å². The Bertz CT molecular complexity index is 357. The summed E-state index contributed by atoms with van der Waals surface area (Å²) >= 11 is 0. The highest BCUT2D eigenvalue weighted by Gasteiger charge is 2.05. The zero-order valence-corrected chi connectivity index (χ0v) is 9.53. The number of hydrogen-bond donors (Lipinski definition) is 2. The second kappa shape index (κ2) is 5.44. The van der Waals surface area contributed by atoms with Crippen molar-refractivity contribution >= 4 is 11.6 Å². The summed E-state index contributed by atoms with van der Waals surface area (Å²) in [6, 6.07) is 0. The van der Waals surface area contributed by atoms with Gasteiger partial charge in [0, 0.05) is 13.0 Å². The predicted molar refractivity (Wildman–Crippen MR) is 64.6 cm³/mol. The van der Waals surface area contributed by atoms with Crippen molar-refractivity contribution in [2.45, 2.75) is 26.2 Å². The molecule has 0 atom stereocenters. The minimum Gasteiger partial charge on any atom is -0.354 e. The van der Waals surface area contributed by atoms with E-state index in [1.165, 1.54) is 6.42 Å². The smallest absolute Gasteiger partial charge is 0.196 e. The van der Waals surface area contributed by atoms with Gasteiger partial charge >= 0.3 is 0 Å². The lowest BCUT2D eigenvalue weighted by Crippen LogP contribution is -2.26. The van der Waals surface area contributed by atoms with E-state index in [0.29, 0.717) is 0 Å². The Labute approximate surface area is 95.4 Å². The van der Waals surface area contributed by atoms with Gasteiger partial charge < -0.3 is 10.6 Å². The number of unbranched alkanes of at least 4 members (excludes halogenated alkanes) is 1. The first-order valence-electron chi connectivity index (χ1n) is 5.75. The molecule has 1 aliphatic rings. The highest BCUT2D eigenvalue weighted by molar-refractivity contribution is 5.94. The third kappa shape index (κ3) is 2.92. The molecule has 2 heterocycles. The van der Waals surface area contributed by atoms with E-state index in [-0.39, 0.29) is 0 Å². The van der Waals surface area contributed by atoms with Crippen LogP contribution in [0.5, 0.6) is 0 Å². The van der Waals surface area contributed by atoms with Crippen molar-refractivity contribution in [2.24, 2.45) is 4.99 Å². The van der Waals surface area contributed by atoms with E-state index < -0.39 is 0 Å². The molecule has 2 rings (SSSR count). The third-order valence-electron chi connectivity index (χ3n) is 2.40. The SMILES string of the molecule is CCCCc1ncc(NC2=NCCN2)cn1. The Morgan fingerprint density at radius 3 is 2.81 bits per heavy atom. The fourth-order valence-electron chi connectivity index (χ4n) is 1.50. The van der Waals surface area contributed by atoms with E-state index in [0.717, 1.165) is 43.4 Å². The van der Waals surface area contributed by atoms with Gasteiger partial charge in [0.15, 0.2) is 5.96 Å². The van der Waals surface area contributed by atoms with E-state index in [1.807, 2.05) is 0 Å². The molecule has 2 N–H and O–H groups in total. The monoisotopic (exact) mass is 219 g/mol. The van der Waals surface area contributed by atoms with E-state index in [4.69, 9.17) is 0 Å². The number of nitrogens with one attached hydrogen (secondary N) is 2. The van der Waals surface area contributed by atoms with Crippen molar-refractivity contribution in [1.29, 1.82) is 0 Å². The topological polar surface area (TPSA) is 62.2 Å². The van der Waals surface area contributed by atoms with Crippen LogP contribution in [0, 0.1) is 0 Å². The summed E-state index contributed by atoms with van der Waals surface area (Å²) in [5.74, 6) is 1.72. The van der Waals surface area contributed by atoms with Crippen molar-refractivity contribution in [3.63, 3.8) is 0 Å². The van der Waals surface area contributed by atoms with E-state index in [2.05, 4.69) is 32.5 Å². The second-order valence-corrected chi connectivity index (χ2v) is 3.77. The van der Waals surface area contributed by atoms with Gasteiger partial charge in [-0.1, -0.05) is 13.3 Å². The molecule has 0 saturated heterocycles. The largest absolute Gasteiger partial charge is 0.354 e. The molecule has 0 aromatic carbocycles. The summed E-state index contributed by atoms with van der Waals surface area (Å²) in [6.07, 6.45) is 6.88. The summed E-state index contributed by atoms with van der Waals surface area (Å²) in [4.78, 5) is 12.8. The molecule has 1 aromatic heterocycles. The van der Waals surface area contributed by atoms with Crippen LogP contribution in [0.4, 0.5) is 5.69 Å². The molecular weight excluding hydrogens is 202 g/mol. The number of aliphatic imine (C=N–C) groups is 1. The lowest BCUT2D eigenvalue weighted by molar-refractivity contribution is 0.752. The lowest BCUT2D eigenvalue weighted by Gasteiger charge is -2.06. The molecule has 0 fully saturated rings. The maximum Gasteiger partial charge on any atom is 0.196 e. The predicted octanol–water partition coefficient (Wildman–Crippen LogP) is 1.19. The summed E-state index contributed by atoms with van der Waals surface area (Å²) in [5.41, 5.74) is 0.883. The molecule has 5 heteroatoms. The summed E-state index contributed by atoms with van der Waals surface area (Å²) in [5, 5.41) is 6.28. The van der Waals surface area contributed by atoms with Crippen LogP contribution in [-0.4, -0.2) is 29.0 Å². The Hall–Kier alpha value is -1.65. The molecule has 0 aliphatic carbocycles. The molecule has 1 aliphatic heterocycles. The molecule has 0 spiro atoms. The zero-order valence-electron chi connectivity index (χ0n) is 9.53. The molecule has 0 saturated carbocycles. The summed E-state index contributed by atoms with van der Waals surface area (Å²) in [7, 11) is 0. The van der Waals surface area contributed by atoms with Crippen molar-refractivity contribution < 1.29 is 0 Å². The van der Waals surface area contributed by atoms with E-state index in [1.54, 1.807) is 12.4 Å². The van der Waals surface area contributed by atoms with Gasteiger partial charge in [0.05, 0.1) is 24.6 Å². The van der Waals surface area contributed by atoms with Crippen molar-refractivity contribution in [3.8, 4) is 0 Å². The number of nitrogens with zero attached hydrogens (tertiary/aromatic N) is 3. The Morgan fingerprint density at radius 1 is 1.38 bits per heavy atom. The standard InChI is InChI=1S/C11H17N5/c1-2-3-4-10-14-7-9(8-15-10)16-11-12-5-6-13-11/h7-8H,2-6H2,1H3,(H2,12,13,16). The molecule has 0 bridgehead atoms. The van der Waals surface area contributed by atoms with Crippen LogP contribution in [-0.2, 0) is 6.42 Å². The summed E-state index contributed by atoms with van der Waals surface area (Å²) in [6.45, 7) is 3.90. The van der Waals surface area contributed by atoms with Crippen LogP contribution in [0.15, 0.2) is 17.4 Å². The van der Waals surface area contributed by atoms with Crippen LogP contribution in [0.2, 0.25) is 0 Å². The van der Waals surface area contributed by atoms with Crippen LogP contribution >= 0.6 is 0 Å². The maximum atomic E-state index is 4.30. The number of aryl methyl sites for hydroxylation is 1. The van der Waals surface area contributed by atoms with Gasteiger partial charge in [-0.3, -0.25) is 4.99 Å². The van der Waals surface area contributed by atoms with Crippen molar-refractivity contribution in [2.75, 3.05) is 18.4 Å². The van der Waals surface area contributed by atoms with Gasteiger partial charge in [0.25, 0.3) is 0 Å². The fourth-order valence-corrected chi connectivity index (χ4v) is 1.50. The Kier molecular flexibility index (Phi) is 3.69. The zero-order chi connectivity index (χ0) is 11.2. The maximum absolute atomic E-state index is 4.30. The second-order valence-electron chi connectivity index (χ2n) is 3.77. The quantitative estimate of drug-likeness (QED) is 0.798. The average molecular weight is 219 g/mol. The van der Waals surface area contributed by atoms with Gasteiger partial charge in [0.1, 0.15) is 5.82 Å². The molecule has 1 aromatic rings. The van der Waals surface area contributed by atoms with Crippen molar-refractivity contribution in [3.05, 3.63) is 18.2 Å². The molecule has 0 unspecified atom stereocenters. The fraction of sp³-hybridized carbons (Fsp3) is 0.545. The van der Waals surface area contributed by atoms with Gasteiger partial charge in [-0.2, -0.15) is 0 Å². The lowest BCUT2D eigenvalue weighted by atomic mass is 10.2.